The molecule has 0 amide bonds. The number of halogens is 1. The van der Waals surface area contributed by atoms with Crippen LogP contribution in [0.1, 0.15) is 44.7 Å². The van der Waals surface area contributed by atoms with Crippen molar-refractivity contribution >= 4 is 17.2 Å². The van der Waals surface area contributed by atoms with Gasteiger partial charge in [-0.05, 0) is 49.5 Å². The summed E-state index contributed by atoms with van der Waals surface area (Å²) >= 11 is 6.16. The lowest BCUT2D eigenvalue weighted by Gasteiger charge is -2.07. The minimum atomic E-state index is 0.886. The average Bonchev–Trinajstić information content (AvgIpc) is 3.03. The van der Waals surface area contributed by atoms with E-state index in [1.165, 1.54) is 29.5 Å². The number of hydrogen-bond donors (Lipinski definition) is 0. The Balaban J connectivity index is 0.000000531. The molecule has 1 aromatic rings. The van der Waals surface area contributed by atoms with Gasteiger partial charge in [-0.3, -0.25) is 0 Å². The molecule has 0 N–H and O–H groups in total. The summed E-state index contributed by atoms with van der Waals surface area (Å²) in [5.74, 6) is 0. The minimum Gasteiger partial charge on any atom is -0.0837 e. The van der Waals surface area contributed by atoms with Crippen LogP contribution in [0, 0.1) is 6.92 Å². The van der Waals surface area contributed by atoms with E-state index in [9.17, 15) is 0 Å². The quantitative estimate of drug-likeness (QED) is 0.610. The maximum atomic E-state index is 6.16. The van der Waals surface area contributed by atoms with Crippen LogP contribution >= 0.6 is 11.6 Å². The van der Waals surface area contributed by atoms with Crippen LogP contribution in [0.25, 0.3) is 5.57 Å². The van der Waals surface area contributed by atoms with Crippen molar-refractivity contribution in [2.75, 3.05) is 0 Å². The van der Waals surface area contributed by atoms with Crippen LogP contribution in [-0.4, -0.2) is 0 Å². The molecule has 1 saturated carbocycles. The Morgan fingerprint density at radius 3 is 2.27 bits per heavy atom. The number of aryl methyl sites for hydroxylation is 1. The molecule has 1 aliphatic carbocycles. The molecule has 0 bridgehead atoms. The van der Waals surface area contributed by atoms with Gasteiger partial charge in [0.1, 0.15) is 0 Å². The van der Waals surface area contributed by atoms with Gasteiger partial charge in [-0.15, -0.1) is 0 Å². The zero-order valence-corrected chi connectivity index (χ0v) is 10.8. The molecule has 0 heterocycles. The Bertz CT molecular complexity index is 349. The third kappa shape index (κ3) is 2.85. The Labute approximate surface area is 98.0 Å². The van der Waals surface area contributed by atoms with Gasteiger partial charge < -0.3 is 0 Å². The molecule has 0 radical (unpaired) electrons. The predicted octanol–water partition coefficient (Wildman–Crippen LogP) is 5.24. The van der Waals surface area contributed by atoms with Gasteiger partial charge >= 0.3 is 0 Å². The van der Waals surface area contributed by atoms with Gasteiger partial charge in [-0.25, -0.2) is 0 Å². The summed E-state index contributed by atoms with van der Waals surface area (Å²) in [6.45, 7) is 8.30. The highest BCUT2D eigenvalue weighted by Crippen LogP contribution is 2.39. The molecule has 0 atom stereocenters. The Morgan fingerprint density at radius 2 is 1.80 bits per heavy atom. The van der Waals surface area contributed by atoms with E-state index in [0.29, 0.717) is 0 Å². The molecule has 0 aliphatic heterocycles. The second-order valence-electron chi connectivity index (χ2n) is 3.66. The molecule has 0 nitrogen and oxygen atoms in total. The highest BCUT2D eigenvalue weighted by Gasteiger charge is 2.18. The van der Waals surface area contributed by atoms with Gasteiger partial charge in [0.15, 0.2) is 0 Å². The van der Waals surface area contributed by atoms with Crippen molar-refractivity contribution in [2.24, 2.45) is 0 Å². The van der Waals surface area contributed by atoms with Crippen LogP contribution in [0.4, 0.5) is 0 Å². The summed E-state index contributed by atoms with van der Waals surface area (Å²) in [5.41, 5.74) is 5.49. The Morgan fingerprint density at radius 1 is 1.20 bits per heavy atom. The van der Waals surface area contributed by atoms with Gasteiger partial charge in [0, 0.05) is 5.02 Å². The Kier molecular flexibility index (Phi) is 4.41. The molecule has 0 spiro atoms. The van der Waals surface area contributed by atoms with Gasteiger partial charge in [-0.2, -0.15) is 0 Å². The highest BCUT2D eigenvalue weighted by atomic mass is 35.5. The molecule has 1 fully saturated rings. The fraction of sp³-hybridized carbons (Fsp3) is 0.429. The number of benzene rings is 1. The van der Waals surface area contributed by atoms with E-state index in [4.69, 9.17) is 11.6 Å². The summed E-state index contributed by atoms with van der Waals surface area (Å²) in [5, 5.41) is 0.886. The average molecular weight is 223 g/mol. The summed E-state index contributed by atoms with van der Waals surface area (Å²) in [4.78, 5) is 0. The molecule has 0 saturated heterocycles. The van der Waals surface area contributed by atoms with E-state index >= 15 is 0 Å². The first kappa shape index (κ1) is 12.3. The Hall–Kier alpha value is -0.750. The first-order valence-electron chi connectivity index (χ1n) is 5.64. The molecule has 82 valence electrons. The topological polar surface area (TPSA) is 0 Å². The number of rotatable bonds is 1. The van der Waals surface area contributed by atoms with Crippen LogP contribution in [0.3, 0.4) is 0 Å². The zero-order valence-electron chi connectivity index (χ0n) is 10.0. The lowest BCUT2D eigenvalue weighted by molar-refractivity contribution is 1.40. The maximum Gasteiger partial charge on any atom is 0.0483 e. The van der Waals surface area contributed by atoms with Gasteiger partial charge in [-0.1, -0.05) is 43.2 Å². The van der Waals surface area contributed by atoms with Crippen LogP contribution in [-0.2, 0) is 0 Å². The summed E-state index contributed by atoms with van der Waals surface area (Å²) in [6, 6.07) is 6.09. The van der Waals surface area contributed by atoms with E-state index in [1.807, 2.05) is 26.0 Å². The molecular weight excluding hydrogens is 204 g/mol. The maximum absolute atomic E-state index is 6.16. The van der Waals surface area contributed by atoms with Crippen LogP contribution < -0.4 is 0 Å². The largest absolute Gasteiger partial charge is 0.0837 e. The van der Waals surface area contributed by atoms with Gasteiger partial charge in [0.05, 0.1) is 0 Å². The van der Waals surface area contributed by atoms with Crippen molar-refractivity contribution in [3.8, 4) is 0 Å². The van der Waals surface area contributed by atoms with Gasteiger partial charge in [0.2, 0.25) is 0 Å². The third-order valence-electron chi connectivity index (χ3n) is 2.63. The molecular formula is C14H19Cl. The number of allylic oxidation sites excluding steroid dienone is 2. The molecule has 1 heteroatoms. The van der Waals surface area contributed by atoms with E-state index < -0.39 is 0 Å². The highest BCUT2D eigenvalue weighted by molar-refractivity contribution is 6.32. The first-order chi connectivity index (χ1) is 7.20. The minimum absolute atomic E-state index is 0.886. The van der Waals surface area contributed by atoms with Crippen molar-refractivity contribution < 1.29 is 0 Å². The fourth-order valence-corrected chi connectivity index (χ4v) is 2.08. The molecule has 2 rings (SSSR count). The summed E-state index contributed by atoms with van der Waals surface area (Å²) in [7, 11) is 0. The van der Waals surface area contributed by atoms with E-state index in [2.05, 4.69) is 19.9 Å². The fourth-order valence-electron chi connectivity index (χ4n) is 1.72. The normalized spacial score (nSPS) is 13.0. The van der Waals surface area contributed by atoms with Gasteiger partial charge in [0.25, 0.3) is 0 Å². The van der Waals surface area contributed by atoms with Crippen molar-refractivity contribution in [1.29, 1.82) is 0 Å². The summed E-state index contributed by atoms with van der Waals surface area (Å²) in [6.07, 6.45) is 2.52. The monoisotopic (exact) mass is 222 g/mol. The first-order valence-corrected chi connectivity index (χ1v) is 6.02. The molecule has 1 aromatic carbocycles. The lowest BCUT2D eigenvalue weighted by Crippen LogP contribution is -1.86. The van der Waals surface area contributed by atoms with E-state index in [-0.39, 0.29) is 0 Å². The number of hydrogen-bond acceptors (Lipinski definition) is 0. The SMILES string of the molecule is CC.CC(=C1CC1)c1c(C)cccc1Cl. The lowest BCUT2D eigenvalue weighted by atomic mass is 10.0. The second kappa shape index (κ2) is 5.37. The molecule has 0 aromatic heterocycles. The summed E-state index contributed by atoms with van der Waals surface area (Å²) < 4.78 is 0. The molecule has 15 heavy (non-hydrogen) atoms. The third-order valence-corrected chi connectivity index (χ3v) is 2.94. The molecule has 1 aliphatic rings. The predicted molar refractivity (Wildman–Crippen MR) is 69.4 cm³/mol. The molecule has 0 unspecified atom stereocenters. The van der Waals surface area contributed by atoms with Crippen molar-refractivity contribution in [3.05, 3.63) is 39.9 Å². The second-order valence-corrected chi connectivity index (χ2v) is 4.07. The van der Waals surface area contributed by atoms with Crippen molar-refractivity contribution in [2.45, 2.75) is 40.5 Å². The standard InChI is InChI=1S/C12H13Cl.C2H6/c1-8-4-3-5-11(13)12(8)9(2)10-6-7-10;1-2/h3-5H,6-7H2,1-2H3;1-2H3. The van der Waals surface area contributed by atoms with Crippen molar-refractivity contribution in [3.63, 3.8) is 0 Å². The zero-order chi connectivity index (χ0) is 11.4. The van der Waals surface area contributed by atoms with E-state index in [1.54, 1.807) is 5.57 Å². The van der Waals surface area contributed by atoms with Crippen LogP contribution in [0.15, 0.2) is 23.8 Å². The van der Waals surface area contributed by atoms with Crippen LogP contribution in [0.5, 0.6) is 0 Å². The van der Waals surface area contributed by atoms with E-state index in [0.717, 1.165) is 5.02 Å². The smallest absolute Gasteiger partial charge is 0.0483 e. The van der Waals surface area contributed by atoms with Crippen molar-refractivity contribution in [1.82, 2.24) is 0 Å². The van der Waals surface area contributed by atoms with Crippen LogP contribution in [0.2, 0.25) is 5.02 Å².